The molecular weight excluding hydrogens is 441 g/mol. The highest BCUT2D eigenvalue weighted by molar-refractivity contribution is 7.99. The maximum Gasteiger partial charge on any atom is 0.233 e. The highest BCUT2D eigenvalue weighted by Crippen LogP contribution is 2.33. The number of rotatable bonds is 4. The molecule has 0 N–H and O–H groups in total. The topological polar surface area (TPSA) is 76.5 Å². The van der Waals surface area contributed by atoms with Crippen molar-refractivity contribution in [2.75, 3.05) is 18.8 Å². The third kappa shape index (κ3) is 3.62. The van der Waals surface area contributed by atoms with E-state index in [1.54, 1.807) is 6.07 Å². The Morgan fingerprint density at radius 1 is 1.09 bits per heavy atom. The van der Waals surface area contributed by atoms with Crippen molar-refractivity contribution in [1.82, 2.24) is 24.7 Å². The third-order valence-corrected chi connectivity index (χ3v) is 7.18. The summed E-state index contributed by atoms with van der Waals surface area (Å²) >= 11 is 1.40. The molecule has 3 aromatic heterocycles. The van der Waals surface area contributed by atoms with Gasteiger partial charge >= 0.3 is 0 Å². The van der Waals surface area contributed by atoms with Crippen LogP contribution in [0.2, 0.25) is 0 Å². The zero-order valence-corrected chi connectivity index (χ0v) is 18.5. The van der Waals surface area contributed by atoms with E-state index in [9.17, 15) is 9.18 Å². The summed E-state index contributed by atoms with van der Waals surface area (Å²) in [6, 6.07) is 16.5. The minimum Gasteiger partial charge on any atom is -0.356 e. The van der Waals surface area contributed by atoms with Gasteiger partial charge < -0.3 is 9.42 Å². The largest absolute Gasteiger partial charge is 0.356 e. The van der Waals surface area contributed by atoms with E-state index in [2.05, 4.69) is 15.4 Å². The molecule has 0 spiro atoms. The first kappa shape index (κ1) is 20.2. The van der Waals surface area contributed by atoms with Crippen molar-refractivity contribution in [3.05, 3.63) is 66.1 Å². The number of para-hydroxylation sites is 1. The number of piperidine rings is 1. The van der Waals surface area contributed by atoms with Crippen LogP contribution in [0, 0.1) is 5.82 Å². The quantitative estimate of drug-likeness (QED) is 0.362. The summed E-state index contributed by atoms with van der Waals surface area (Å²) in [4.78, 5) is 14.8. The maximum absolute atomic E-state index is 13.7. The van der Waals surface area contributed by atoms with Crippen molar-refractivity contribution in [3.63, 3.8) is 0 Å². The minimum atomic E-state index is -0.301. The van der Waals surface area contributed by atoms with Gasteiger partial charge in [-0.15, -0.1) is 10.2 Å². The molecule has 1 amide bonds. The van der Waals surface area contributed by atoms with Crippen LogP contribution in [0.4, 0.5) is 4.39 Å². The summed E-state index contributed by atoms with van der Waals surface area (Å²) in [5.41, 5.74) is 3.16. The van der Waals surface area contributed by atoms with Gasteiger partial charge in [-0.2, -0.15) is 0 Å². The van der Waals surface area contributed by atoms with E-state index in [4.69, 9.17) is 4.52 Å². The summed E-state index contributed by atoms with van der Waals surface area (Å²) in [6.07, 6.45) is 1.54. The van der Waals surface area contributed by atoms with E-state index in [0.717, 1.165) is 40.5 Å². The second kappa shape index (κ2) is 8.15. The molecule has 1 aliphatic rings. The zero-order valence-electron chi connectivity index (χ0n) is 17.6. The Hall–Kier alpha value is -3.46. The number of carbonyl (C=O) groups is 1. The highest BCUT2D eigenvalue weighted by Gasteiger charge is 2.27. The van der Waals surface area contributed by atoms with Crippen molar-refractivity contribution in [2.24, 2.45) is 0 Å². The fraction of sp³-hybridized carbons (Fsp3) is 0.250. The number of fused-ring (bicyclic) bond motifs is 4. The van der Waals surface area contributed by atoms with E-state index in [1.807, 2.05) is 45.7 Å². The highest BCUT2D eigenvalue weighted by atomic mass is 32.2. The number of hydrogen-bond donors (Lipinski definition) is 0. The van der Waals surface area contributed by atoms with Gasteiger partial charge in [-0.1, -0.05) is 35.1 Å². The fourth-order valence-corrected chi connectivity index (χ4v) is 5.40. The minimum absolute atomic E-state index is 0.0755. The Balaban J connectivity index is 1.13. The van der Waals surface area contributed by atoms with Crippen molar-refractivity contribution >= 4 is 45.2 Å². The standard InChI is InChI=1S/C24H20FN5O2S/c25-17-6-7-20-18(13-17)23(28-32-20)16-9-11-29(12-10-16)22(31)14-33-24-27-26-21-8-5-15-3-1-2-4-19(15)30(21)24/h1-8,13,16H,9-12,14H2. The van der Waals surface area contributed by atoms with Crippen molar-refractivity contribution in [1.29, 1.82) is 0 Å². The molecule has 7 nitrogen and oxygen atoms in total. The number of aromatic nitrogens is 4. The van der Waals surface area contributed by atoms with E-state index >= 15 is 0 Å². The van der Waals surface area contributed by atoms with Gasteiger partial charge in [0.15, 0.2) is 16.4 Å². The van der Waals surface area contributed by atoms with Gasteiger partial charge in [0, 0.05) is 24.4 Å². The molecular formula is C24H20FN5O2S. The predicted molar refractivity (Wildman–Crippen MR) is 124 cm³/mol. The number of hydrogen-bond acceptors (Lipinski definition) is 6. The van der Waals surface area contributed by atoms with Crippen molar-refractivity contribution < 1.29 is 13.7 Å². The van der Waals surface area contributed by atoms with E-state index < -0.39 is 0 Å². The number of benzene rings is 2. The fourth-order valence-electron chi connectivity index (χ4n) is 4.55. The molecule has 0 unspecified atom stereocenters. The number of amides is 1. The average Bonchev–Trinajstić information content (AvgIpc) is 3.46. The summed E-state index contributed by atoms with van der Waals surface area (Å²) in [5, 5.41) is 15.3. The molecule has 0 bridgehead atoms. The molecule has 0 aliphatic carbocycles. The number of thioether (sulfide) groups is 1. The van der Waals surface area contributed by atoms with Gasteiger partial charge in [0.05, 0.1) is 17.0 Å². The molecule has 4 heterocycles. The van der Waals surface area contributed by atoms with Crippen LogP contribution in [0.1, 0.15) is 24.5 Å². The Labute approximate surface area is 192 Å². The molecule has 33 heavy (non-hydrogen) atoms. The third-order valence-electron chi connectivity index (χ3n) is 6.27. The molecule has 1 fully saturated rings. The number of pyridine rings is 1. The zero-order chi connectivity index (χ0) is 22.4. The Morgan fingerprint density at radius 3 is 2.82 bits per heavy atom. The Kier molecular flexibility index (Phi) is 4.98. The van der Waals surface area contributed by atoms with Crippen LogP contribution in [0.3, 0.4) is 0 Å². The van der Waals surface area contributed by atoms with Gasteiger partial charge in [-0.25, -0.2) is 4.39 Å². The van der Waals surface area contributed by atoms with E-state index in [-0.39, 0.29) is 17.6 Å². The lowest BCUT2D eigenvalue weighted by Crippen LogP contribution is -2.39. The molecule has 1 saturated heterocycles. The number of carbonyl (C=O) groups excluding carboxylic acids is 1. The monoisotopic (exact) mass is 461 g/mol. The molecule has 5 aromatic rings. The molecule has 6 rings (SSSR count). The molecule has 166 valence electrons. The summed E-state index contributed by atoms with van der Waals surface area (Å²) in [6.45, 7) is 1.27. The molecule has 9 heteroatoms. The molecule has 0 radical (unpaired) electrons. The van der Waals surface area contributed by atoms with Crippen LogP contribution in [-0.4, -0.2) is 49.4 Å². The molecule has 0 atom stereocenters. The molecule has 0 saturated carbocycles. The van der Waals surface area contributed by atoms with E-state index in [0.29, 0.717) is 29.6 Å². The van der Waals surface area contributed by atoms with Gasteiger partial charge in [0.1, 0.15) is 5.82 Å². The summed E-state index contributed by atoms with van der Waals surface area (Å²) in [5.74, 6) is 0.223. The van der Waals surface area contributed by atoms with Crippen LogP contribution in [-0.2, 0) is 4.79 Å². The number of halogens is 1. The predicted octanol–water partition coefficient (Wildman–Crippen LogP) is 4.66. The van der Waals surface area contributed by atoms with Gasteiger partial charge in [0.2, 0.25) is 5.91 Å². The smallest absolute Gasteiger partial charge is 0.233 e. The summed E-state index contributed by atoms with van der Waals surface area (Å²) < 4.78 is 21.0. The normalized spacial score (nSPS) is 15.1. The molecule has 1 aliphatic heterocycles. The first-order chi connectivity index (χ1) is 16.2. The first-order valence-corrected chi connectivity index (χ1v) is 11.8. The van der Waals surface area contributed by atoms with Crippen LogP contribution in [0.25, 0.3) is 27.5 Å². The van der Waals surface area contributed by atoms with Gasteiger partial charge in [0.25, 0.3) is 0 Å². The van der Waals surface area contributed by atoms with Crippen LogP contribution < -0.4 is 0 Å². The first-order valence-electron chi connectivity index (χ1n) is 10.9. The van der Waals surface area contributed by atoms with Gasteiger partial charge in [-0.05, 0) is 54.6 Å². The molecule has 2 aromatic carbocycles. The van der Waals surface area contributed by atoms with Gasteiger partial charge in [-0.3, -0.25) is 9.20 Å². The van der Waals surface area contributed by atoms with Crippen LogP contribution >= 0.6 is 11.8 Å². The van der Waals surface area contributed by atoms with Crippen LogP contribution in [0.15, 0.2) is 64.3 Å². The second-order valence-electron chi connectivity index (χ2n) is 8.22. The average molecular weight is 462 g/mol. The lowest BCUT2D eigenvalue weighted by molar-refractivity contribution is -0.129. The summed E-state index contributed by atoms with van der Waals surface area (Å²) in [7, 11) is 0. The van der Waals surface area contributed by atoms with Crippen LogP contribution in [0.5, 0.6) is 0 Å². The lowest BCUT2D eigenvalue weighted by atomic mass is 9.91. The second-order valence-corrected chi connectivity index (χ2v) is 9.16. The Morgan fingerprint density at radius 2 is 1.94 bits per heavy atom. The SMILES string of the molecule is O=C(CSc1nnc2ccc3ccccc3n12)N1CCC(c2noc3ccc(F)cc23)CC1. The number of nitrogens with zero attached hydrogens (tertiary/aromatic N) is 5. The van der Waals surface area contributed by atoms with E-state index in [1.165, 1.54) is 23.9 Å². The maximum atomic E-state index is 13.7. The Bertz CT molecular complexity index is 1490. The lowest BCUT2D eigenvalue weighted by Gasteiger charge is -2.31. The van der Waals surface area contributed by atoms with Crippen molar-refractivity contribution in [3.8, 4) is 0 Å². The number of likely N-dealkylation sites (tertiary alicyclic amines) is 1. The van der Waals surface area contributed by atoms with Crippen molar-refractivity contribution in [2.45, 2.75) is 23.9 Å².